The van der Waals surface area contributed by atoms with Crippen LogP contribution < -0.4 is 0 Å². The standard InChI is InChI=1S/C19H24N2O4/c1-19(2,3)25-18(24)20-11-7-10-14-15(20)17(23)21(16(14)22)12-13-8-5-4-6-9-13/h4-6,8-9,14-15H,7,10-12H2,1-3H3. The molecule has 2 aliphatic rings. The molecule has 1 aromatic carbocycles. The van der Waals surface area contributed by atoms with Gasteiger partial charge in [0, 0.05) is 6.54 Å². The van der Waals surface area contributed by atoms with E-state index in [9.17, 15) is 14.4 Å². The first-order valence-corrected chi connectivity index (χ1v) is 8.67. The van der Waals surface area contributed by atoms with Gasteiger partial charge in [-0.2, -0.15) is 0 Å². The first-order chi connectivity index (χ1) is 11.8. The lowest BCUT2D eigenvalue weighted by Gasteiger charge is -2.35. The Kier molecular flexibility index (Phi) is 4.54. The largest absolute Gasteiger partial charge is 0.444 e. The van der Waals surface area contributed by atoms with Crippen molar-refractivity contribution in [1.82, 2.24) is 9.80 Å². The molecule has 2 saturated heterocycles. The molecule has 0 radical (unpaired) electrons. The third kappa shape index (κ3) is 3.52. The molecule has 0 aliphatic carbocycles. The number of imide groups is 1. The first kappa shape index (κ1) is 17.5. The SMILES string of the molecule is CC(C)(C)OC(=O)N1CCCC2C(=O)N(Cc3ccccc3)C(=O)C21. The number of ether oxygens (including phenoxy) is 1. The number of amides is 3. The summed E-state index contributed by atoms with van der Waals surface area (Å²) >= 11 is 0. The van der Waals surface area contributed by atoms with Crippen LogP contribution in [0.5, 0.6) is 0 Å². The fourth-order valence-corrected chi connectivity index (χ4v) is 3.48. The number of nitrogens with zero attached hydrogens (tertiary/aromatic N) is 2. The van der Waals surface area contributed by atoms with Gasteiger partial charge in [0.25, 0.3) is 5.91 Å². The maximum absolute atomic E-state index is 12.9. The van der Waals surface area contributed by atoms with Gasteiger partial charge < -0.3 is 4.74 Å². The zero-order valence-corrected chi connectivity index (χ0v) is 14.9. The molecule has 25 heavy (non-hydrogen) atoms. The van der Waals surface area contributed by atoms with Crippen LogP contribution in [0.15, 0.2) is 30.3 Å². The average molecular weight is 344 g/mol. The van der Waals surface area contributed by atoms with Crippen molar-refractivity contribution in [3.05, 3.63) is 35.9 Å². The second kappa shape index (κ2) is 6.50. The van der Waals surface area contributed by atoms with Gasteiger partial charge in [0.2, 0.25) is 5.91 Å². The van der Waals surface area contributed by atoms with Gasteiger partial charge >= 0.3 is 6.09 Å². The Morgan fingerprint density at radius 1 is 1.16 bits per heavy atom. The van der Waals surface area contributed by atoms with E-state index in [2.05, 4.69) is 0 Å². The molecule has 134 valence electrons. The third-order valence-corrected chi connectivity index (χ3v) is 4.54. The molecule has 2 unspecified atom stereocenters. The Labute approximate surface area is 147 Å². The molecule has 0 aromatic heterocycles. The van der Waals surface area contributed by atoms with Gasteiger partial charge in [-0.25, -0.2) is 4.79 Å². The molecule has 0 spiro atoms. The zero-order chi connectivity index (χ0) is 18.2. The number of carbonyl (C=O) groups excluding carboxylic acids is 3. The molecule has 2 fully saturated rings. The molecule has 6 heteroatoms. The van der Waals surface area contributed by atoms with Crippen LogP contribution in [-0.4, -0.2) is 45.9 Å². The smallest absolute Gasteiger partial charge is 0.410 e. The highest BCUT2D eigenvalue weighted by Crippen LogP contribution is 2.34. The Morgan fingerprint density at radius 2 is 1.84 bits per heavy atom. The summed E-state index contributed by atoms with van der Waals surface area (Å²) < 4.78 is 5.43. The van der Waals surface area contributed by atoms with Crippen molar-refractivity contribution in [3.8, 4) is 0 Å². The van der Waals surface area contributed by atoms with Crippen molar-refractivity contribution < 1.29 is 19.1 Å². The minimum atomic E-state index is -0.736. The summed E-state index contributed by atoms with van der Waals surface area (Å²) in [4.78, 5) is 40.8. The van der Waals surface area contributed by atoms with Gasteiger partial charge in [0.1, 0.15) is 11.6 Å². The molecule has 2 atom stereocenters. The summed E-state index contributed by atoms with van der Waals surface area (Å²) in [7, 11) is 0. The number of hydrogen-bond acceptors (Lipinski definition) is 4. The molecule has 1 aromatic rings. The molecule has 6 nitrogen and oxygen atoms in total. The second-order valence-corrected chi connectivity index (χ2v) is 7.62. The second-order valence-electron chi connectivity index (χ2n) is 7.62. The topological polar surface area (TPSA) is 66.9 Å². The number of likely N-dealkylation sites (tertiary alicyclic amines) is 2. The maximum atomic E-state index is 12.9. The lowest BCUT2D eigenvalue weighted by Crippen LogP contribution is -2.52. The predicted octanol–water partition coefficient (Wildman–Crippen LogP) is 2.57. The normalized spacial score (nSPS) is 23.6. The Balaban J connectivity index is 1.81. The Hall–Kier alpha value is -2.37. The summed E-state index contributed by atoms with van der Waals surface area (Å²) in [5.41, 5.74) is 0.256. The summed E-state index contributed by atoms with van der Waals surface area (Å²) in [5, 5.41) is 0. The van der Waals surface area contributed by atoms with Crippen molar-refractivity contribution in [2.45, 2.75) is 51.8 Å². The highest BCUT2D eigenvalue weighted by Gasteiger charge is 2.53. The quantitative estimate of drug-likeness (QED) is 0.774. The molecule has 2 aliphatic heterocycles. The predicted molar refractivity (Wildman–Crippen MR) is 91.5 cm³/mol. The van der Waals surface area contributed by atoms with Gasteiger partial charge in [-0.15, -0.1) is 0 Å². The van der Waals surface area contributed by atoms with Crippen LogP contribution in [0.3, 0.4) is 0 Å². The fourth-order valence-electron chi connectivity index (χ4n) is 3.48. The molecule has 0 bridgehead atoms. The van der Waals surface area contributed by atoms with E-state index in [1.54, 1.807) is 20.8 Å². The molecule has 0 saturated carbocycles. The van der Waals surface area contributed by atoms with Gasteiger partial charge in [0.05, 0.1) is 12.5 Å². The van der Waals surface area contributed by atoms with Crippen molar-refractivity contribution in [2.24, 2.45) is 5.92 Å². The Bertz CT molecular complexity index is 680. The van der Waals surface area contributed by atoms with E-state index >= 15 is 0 Å². The monoisotopic (exact) mass is 344 g/mol. The number of hydrogen-bond donors (Lipinski definition) is 0. The van der Waals surface area contributed by atoms with E-state index in [1.807, 2.05) is 30.3 Å². The van der Waals surface area contributed by atoms with Gasteiger partial charge in [-0.1, -0.05) is 30.3 Å². The van der Waals surface area contributed by atoms with Crippen molar-refractivity contribution in [1.29, 1.82) is 0 Å². The minimum Gasteiger partial charge on any atom is -0.444 e. The van der Waals surface area contributed by atoms with Crippen LogP contribution >= 0.6 is 0 Å². The van der Waals surface area contributed by atoms with E-state index in [4.69, 9.17) is 4.74 Å². The van der Waals surface area contributed by atoms with Gasteiger partial charge in [0.15, 0.2) is 0 Å². The minimum absolute atomic E-state index is 0.188. The fraction of sp³-hybridized carbons (Fsp3) is 0.526. The van der Waals surface area contributed by atoms with E-state index in [0.717, 1.165) is 5.56 Å². The zero-order valence-electron chi connectivity index (χ0n) is 14.9. The molecule has 2 heterocycles. The summed E-state index contributed by atoms with van der Waals surface area (Å²) in [5.74, 6) is -0.950. The van der Waals surface area contributed by atoms with Crippen molar-refractivity contribution >= 4 is 17.9 Å². The highest BCUT2D eigenvalue weighted by molar-refractivity contribution is 6.08. The van der Waals surface area contributed by atoms with Gasteiger partial charge in [-0.05, 0) is 39.2 Å². The summed E-state index contributed by atoms with van der Waals surface area (Å²) in [6.07, 6.45) is 0.795. The third-order valence-electron chi connectivity index (χ3n) is 4.54. The first-order valence-electron chi connectivity index (χ1n) is 8.67. The van der Waals surface area contributed by atoms with E-state index < -0.39 is 23.7 Å². The van der Waals surface area contributed by atoms with Crippen molar-refractivity contribution in [2.75, 3.05) is 6.54 Å². The molecular weight excluding hydrogens is 320 g/mol. The molecule has 3 rings (SSSR count). The van der Waals surface area contributed by atoms with Crippen LogP contribution in [0.25, 0.3) is 0 Å². The van der Waals surface area contributed by atoms with Crippen LogP contribution in [0.4, 0.5) is 4.79 Å². The highest BCUT2D eigenvalue weighted by atomic mass is 16.6. The number of rotatable bonds is 2. The lowest BCUT2D eigenvalue weighted by molar-refractivity contribution is -0.140. The van der Waals surface area contributed by atoms with Crippen LogP contribution in [0.2, 0.25) is 0 Å². The van der Waals surface area contributed by atoms with E-state index in [1.165, 1.54) is 9.80 Å². The molecule has 0 N–H and O–H groups in total. The van der Waals surface area contributed by atoms with Crippen molar-refractivity contribution in [3.63, 3.8) is 0 Å². The van der Waals surface area contributed by atoms with Gasteiger partial charge in [-0.3, -0.25) is 19.4 Å². The number of carbonyl (C=O) groups is 3. The average Bonchev–Trinajstić information content (AvgIpc) is 2.79. The Morgan fingerprint density at radius 3 is 2.48 bits per heavy atom. The summed E-state index contributed by atoms with van der Waals surface area (Å²) in [6.45, 7) is 6.04. The molecular formula is C19H24N2O4. The lowest BCUT2D eigenvalue weighted by atomic mass is 9.91. The molecule has 3 amide bonds. The van der Waals surface area contributed by atoms with E-state index in [0.29, 0.717) is 19.4 Å². The number of fused-ring (bicyclic) bond motifs is 1. The van der Waals surface area contributed by atoms with Crippen LogP contribution in [0.1, 0.15) is 39.2 Å². The maximum Gasteiger partial charge on any atom is 0.410 e. The number of benzene rings is 1. The summed E-state index contributed by atoms with van der Waals surface area (Å²) in [6, 6.07) is 8.67. The van der Waals surface area contributed by atoms with E-state index in [-0.39, 0.29) is 18.4 Å². The van der Waals surface area contributed by atoms with Crippen LogP contribution in [-0.2, 0) is 20.9 Å². The van der Waals surface area contributed by atoms with Crippen LogP contribution in [0, 0.1) is 5.92 Å². The number of piperidine rings is 1.